The minimum absolute atomic E-state index is 0.0220. The summed E-state index contributed by atoms with van der Waals surface area (Å²) in [5.41, 5.74) is 7.61. The monoisotopic (exact) mass is 221 g/mol. The fourth-order valence-electron chi connectivity index (χ4n) is 3.46. The fraction of sp³-hybridized carbons (Fsp3) is 0.769. The van der Waals surface area contributed by atoms with Gasteiger partial charge in [0.15, 0.2) is 0 Å². The van der Waals surface area contributed by atoms with Gasteiger partial charge in [0.25, 0.3) is 0 Å². The van der Waals surface area contributed by atoms with Crippen LogP contribution in [0.3, 0.4) is 0 Å². The van der Waals surface area contributed by atoms with E-state index in [0.29, 0.717) is 11.8 Å². The van der Waals surface area contributed by atoms with E-state index in [2.05, 4.69) is 6.08 Å². The molecule has 0 amide bonds. The van der Waals surface area contributed by atoms with Gasteiger partial charge in [0, 0.05) is 6.04 Å². The van der Waals surface area contributed by atoms with Gasteiger partial charge in [-0.25, -0.2) is 0 Å². The largest absolute Gasteiger partial charge is 0.469 e. The average Bonchev–Trinajstić information content (AvgIpc) is 2.91. The van der Waals surface area contributed by atoms with Gasteiger partial charge in [0.2, 0.25) is 0 Å². The molecule has 3 aliphatic rings. The molecule has 88 valence electrons. The molecule has 2 N–H and O–H groups in total. The highest BCUT2D eigenvalue weighted by atomic mass is 16.5. The number of carbonyl (C=O) groups excluding carboxylic acids is 1. The highest BCUT2D eigenvalue weighted by molar-refractivity contribution is 5.75. The molecule has 0 saturated heterocycles. The predicted molar refractivity (Wildman–Crippen MR) is 60.5 cm³/mol. The maximum atomic E-state index is 11.7. The van der Waals surface area contributed by atoms with E-state index in [1.807, 2.05) is 0 Å². The van der Waals surface area contributed by atoms with Crippen LogP contribution < -0.4 is 5.73 Å². The number of esters is 1. The Morgan fingerprint density at radius 1 is 1.50 bits per heavy atom. The van der Waals surface area contributed by atoms with E-state index >= 15 is 0 Å². The zero-order chi connectivity index (χ0) is 11.3. The first-order chi connectivity index (χ1) is 7.70. The summed E-state index contributed by atoms with van der Waals surface area (Å²) in [7, 11) is 1.46. The van der Waals surface area contributed by atoms with Crippen LogP contribution in [0.2, 0.25) is 0 Å². The second-order valence-electron chi connectivity index (χ2n) is 5.51. The Kier molecular flexibility index (Phi) is 2.32. The number of ether oxygens (including phenoxy) is 1. The van der Waals surface area contributed by atoms with E-state index < -0.39 is 0 Å². The summed E-state index contributed by atoms with van der Waals surface area (Å²) in [6.45, 7) is 0. The van der Waals surface area contributed by atoms with Gasteiger partial charge in [-0.2, -0.15) is 0 Å². The highest BCUT2D eigenvalue weighted by Crippen LogP contribution is 2.52. The Hall–Kier alpha value is -0.830. The van der Waals surface area contributed by atoms with Gasteiger partial charge < -0.3 is 10.5 Å². The lowest BCUT2D eigenvalue weighted by Gasteiger charge is -2.28. The Bertz CT molecular complexity index is 346. The molecule has 0 aliphatic heterocycles. The van der Waals surface area contributed by atoms with Gasteiger partial charge in [-0.3, -0.25) is 4.79 Å². The summed E-state index contributed by atoms with van der Waals surface area (Å²) >= 11 is 0. The average molecular weight is 221 g/mol. The molecule has 4 atom stereocenters. The van der Waals surface area contributed by atoms with Gasteiger partial charge in [0.1, 0.15) is 0 Å². The third kappa shape index (κ3) is 1.49. The van der Waals surface area contributed by atoms with Crippen molar-refractivity contribution in [2.75, 3.05) is 7.11 Å². The van der Waals surface area contributed by atoms with Crippen molar-refractivity contribution in [1.82, 2.24) is 0 Å². The molecule has 0 aromatic rings. The van der Waals surface area contributed by atoms with Crippen LogP contribution >= 0.6 is 0 Å². The molecular weight excluding hydrogens is 202 g/mol. The second kappa shape index (κ2) is 3.59. The minimum Gasteiger partial charge on any atom is -0.469 e. The lowest BCUT2D eigenvalue weighted by molar-refractivity contribution is -0.147. The van der Waals surface area contributed by atoms with Crippen LogP contribution in [0.5, 0.6) is 0 Å². The lowest BCUT2D eigenvalue weighted by Crippen LogP contribution is -2.41. The normalized spacial score (nSPS) is 44.0. The Morgan fingerprint density at radius 2 is 2.25 bits per heavy atom. The van der Waals surface area contributed by atoms with E-state index in [-0.39, 0.29) is 17.9 Å². The number of hydrogen-bond donors (Lipinski definition) is 1. The Balaban J connectivity index is 1.82. The molecular formula is C13H19NO2. The summed E-state index contributed by atoms with van der Waals surface area (Å²) in [4.78, 5) is 11.7. The summed E-state index contributed by atoms with van der Waals surface area (Å²) in [5, 5.41) is 0. The van der Waals surface area contributed by atoms with Crippen molar-refractivity contribution < 1.29 is 9.53 Å². The molecule has 16 heavy (non-hydrogen) atoms. The highest BCUT2D eigenvalue weighted by Gasteiger charge is 2.52. The number of carbonyl (C=O) groups is 1. The predicted octanol–water partition coefficient (Wildman–Crippen LogP) is 1.48. The molecule has 3 nitrogen and oxygen atoms in total. The van der Waals surface area contributed by atoms with E-state index in [0.717, 1.165) is 18.8 Å². The first-order valence-electron chi connectivity index (χ1n) is 6.24. The molecule has 3 aliphatic carbocycles. The molecule has 3 rings (SSSR count). The third-order valence-corrected chi connectivity index (χ3v) is 4.47. The van der Waals surface area contributed by atoms with Gasteiger partial charge >= 0.3 is 5.97 Å². The number of allylic oxidation sites excluding steroid dienone is 2. The van der Waals surface area contributed by atoms with Gasteiger partial charge in [-0.15, -0.1) is 0 Å². The van der Waals surface area contributed by atoms with Crippen LogP contribution in [-0.2, 0) is 9.53 Å². The smallest absolute Gasteiger partial charge is 0.310 e. The van der Waals surface area contributed by atoms with Crippen LogP contribution in [0.25, 0.3) is 0 Å². The zero-order valence-corrected chi connectivity index (χ0v) is 9.69. The van der Waals surface area contributed by atoms with Crippen LogP contribution in [0.4, 0.5) is 0 Å². The number of nitrogens with two attached hydrogens (primary N) is 1. The molecule has 0 heterocycles. The summed E-state index contributed by atoms with van der Waals surface area (Å²) in [6.07, 6.45) is 7.29. The molecule has 2 bridgehead atoms. The van der Waals surface area contributed by atoms with Gasteiger partial charge in [0.05, 0.1) is 13.0 Å². The van der Waals surface area contributed by atoms with Crippen molar-refractivity contribution >= 4 is 5.97 Å². The molecule has 0 aromatic carbocycles. The van der Waals surface area contributed by atoms with E-state index in [1.165, 1.54) is 25.5 Å². The zero-order valence-electron chi connectivity index (χ0n) is 9.69. The number of hydrogen-bond acceptors (Lipinski definition) is 3. The fourth-order valence-corrected chi connectivity index (χ4v) is 3.46. The Labute approximate surface area is 96.0 Å². The topological polar surface area (TPSA) is 52.3 Å². The standard InChI is InChI=1S/C13H19NO2/c1-16-13(15)11-10-6-9(12(11)14)5-8(10)4-7-2-3-7/h4,7,9-12H,2-3,5-6,14H2,1H3/t9-,10-,11-,12+/m0/s1. The number of fused-ring (bicyclic) bond motifs is 2. The third-order valence-electron chi connectivity index (χ3n) is 4.47. The first kappa shape index (κ1) is 10.3. The van der Waals surface area contributed by atoms with Gasteiger partial charge in [-0.05, 0) is 43.4 Å². The maximum absolute atomic E-state index is 11.7. The Morgan fingerprint density at radius 3 is 2.81 bits per heavy atom. The molecule has 0 spiro atoms. The van der Waals surface area contributed by atoms with Crippen molar-refractivity contribution in [2.45, 2.75) is 31.7 Å². The summed E-state index contributed by atoms with van der Waals surface area (Å²) in [6, 6.07) is 0.0220. The van der Waals surface area contributed by atoms with Crippen molar-refractivity contribution in [3.8, 4) is 0 Å². The molecule has 3 saturated carbocycles. The van der Waals surface area contributed by atoms with E-state index in [4.69, 9.17) is 10.5 Å². The van der Waals surface area contributed by atoms with Crippen molar-refractivity contribution in [3.63, 3.8) is 0 Å². The SMILES string of the molecule is COC(=O)[C@@H]1[C@H](N)[C@H]2CC(=CC3CC3)[C@@H]1C2. The minimum atomic E-state index is -0.110. The summed E-state index contributed by atoms with van der Waals surface area (Å²) < 4.78 is 4.88. The number of methoxy groups -OCH3 is 1. The molecule has 0 aromatic heterocycles. The van der Waals surface area contributed by atoms with Crippen LogP contribution in [0, 0.1) is 23.7 Å². The first-order valence-corrected chi connectivity index (χ1v) is 6.24. The van der Waals surface area contributed by atoms with Crippen LogP contribution in [0.15, 0.2) is 11.6 Å². The van der Waals surface area contributed by atoms with Gasteiger partial charge in [-0.1, -0.05) is 11.6 Å². The lowest BCUT2D eigenvalue weighted by atomic mass is 9.81. The van der Waals surface area contributed by atoms with Crippen molar-refractivity contribution in [2.24, 2.45) is 29.4 Å². The quantitative estimate of drug-likeness (QED) is 0.567. The second-order valence-corrected chi connectivity index (χ2v) is 5.51. The summed E-state index contributed by atoms with van der Waals surface area (Å²) in [5.74, 6) is 1.51. The maximum Gasteiger partial charge on any atom is 0.310 e. The molecule has 3 heteroatoms. The van der Waals surface area contributed by atoms with E-state index in [9.17, 15) is 4.79 Å². The van der Waals surface area contributed by atoms with Crippen LogP contribution in [0.1, 0.15) is 25.7 Å². The van der Waals surface area contributed by atoms with Crippen LogP contribution in [-0.4, -0.2) is 19.1 Å². The molecule has 0 unspecified atom stereocenters. The van der Waals surface area contributed by atoms with E-state index in [1.54, 1.807) is 0 Å². The van der Waals surface area contributed by atoms with Crippen molar-refractivity contribution in [3.05, 3.63) is 11.6 Å². The van der Waals surface area contributed by atoms with Crippen molar-refractivity contribution in [1.29, 1.82) is 0 Å². The molecule has 3 fully saturated rings. The number of rotatable bonds is 2. The molecule has 0 radical (unpaired) electrons.